The van der Waals surface area contributed by atoms with Crippen molar-refractivity contribution in [1.82, 2.24) is 10.3 Å². The third-order valence-corrected chi connectivity index (χ3v) is 3.55. The number of hydrogen-bond donors (Lipinski definition) is 3. The fraction of sp³-hybridized carbons (Fsp3) is 0.278. The minimum absolute atomic E-state index is 0.0595. The lowest BCUT2D eigenvalue weighted by atomic mass is 10.0. The fourth-order valence-corrected chi connectivity index (χ4v) is 2.21. The van der Waals surface area contributed by atoms with Crippen molar-refractivity contribution >= 4 is 6.09 Å². The van der Waals surface area contributed by atoms with Crippen LogP contribution >= 0.6 is 0 Å². The highest BCUT2D eigenvalue weighted by atomic mass is 16.5. The van der Waals surface area contributed by atoms with E-state index in [2.05, 4.69) is 10.3 Å². The number of pyridine rings is 1. The zero-order valence-corrected chi connectivity index (χ0v) is 13.5. The summed E-state index contributed by atoms with van der Waals surface area (Å²) >= 11 is 0. The van der Waals surface area contributed by atoms with Crippen LogP contribution in [0.3, 0.4) is 0 Å². The second kappa shape index (κ2) is 9.37. The number of ether oxygens (including phenoxy) is 1. The van der Waals surface area contributed by atoms with E-state index in [0.29, 0.717) is 0 Å². The van der Waals surface area contributed by atoms with Gasteiger partial charge in [-0.3, -0.25) is 0 Å². The molecule has 1 heterocycles. The molecular formula is C18H19N3O4. The molecule has 1 amide bonds. The van der Waals surface area contributed by atoms with E-state index < -0.39 is 18.3 Å². The maximum atomic E-state index is 11.6. The first kappa shape index (κ1) is 18.4. The van der Waals surface area contributed by atoms with E-state index >= 15 is 0 Å². The smallest absolute Gasteiger partial charge is 0.407 e. The average molecular weight is 341 g/mol. The summed E-state index contributed by atoms with van der Waals surface area (Å²) < 4.78 is 5.04. The molecule has 1 aromatic heterocycles. The molecule has 1 aromatic carbocycles. The van der Waals surface area contributed by atoms with Gasteiger partial charge in [0, 0.05) is 18.3 Å². The van der Waals surface area contributed by atoms with Gasteiger partial charge in [-0.1, -0.05) is 36.4 Å². The van der Waals surface area contributed by atoms with Crippen LogP contribution in [0.25, 0.3) is 0 Å². The second-order valence-corrected chi connectivity index (χ2v) is 5.34. The first-order chi connectivity index (χ1) is 12.1. The van der Waals surface area contributed by atoms with Gasteiger partial charge in [0.15, 0.2) is 0 Å². The van der Waals surface area contributed by atoms with Crippen molar-refractivity contribution in [2.45, 2.75) is 25.2 Å². The van der Waals surface area contributed by atoms with Crippen LogP contribution in [0.2, 0.25) is 0 Å². The topological polar surface area (TPSA) is 115 Å². The fourth-order valence-electron chi connectivity index (χ4n) is 2.21. The summed E-state index contributed by atoms with van der Waals surface area (Å²) in [6, 6.07) is 14.2. The molecule has 0 aliphatic rings. The van der Waals surface area contributed by atoms with Crippen LogP contribution < -0.4 is 5.32 Å². The number of hydrogen-bond acceptors (Lipinski definition) is 6. The number of rotatable bonds is 7. The molecule has 130 valence electrons. The number of carbonyl (C=O) groups is 1. The molecule has 2 atom stereocenters. The van der Waals surface area contributed by atoms with Crippen LogP contribution in [0, 0.1) is 11.3 Å². The number of aliphatic hydroxyl groups is 2. The molecule has 0 aliphatic heterocycles. The van der Waals surface area contributed by atoms with E-state index in [0.717, 1.165) is 5.56 Å². The highest BCUT2D eigenvalue weighted by molar-refractivity contribution is 5.67. The lowest BCUT2D eigenvalue weighted by Gasteiger charge is -2.18. The first-order valence-electron chi connectivity index (χ1n) is 7.77. The zero-order valence-electron chi connectivity index (χ0n) is 13.5. The number of aliphatic hydroxyl groups excluding tert-OH is 2. The van der Waals surface area contributed by atoms with Gasteiger partial charge in [0.05, 0.1) is 6.10 Å². The number of amides is 1. The van der Waals surface area contributed by atoms with Crippen LogP contribution in [0.1, 0.15) is 29.3 Å². The van der Waals surface area contributed by atoms with Gasteiger partial charge in [-0.25, -0.2) is 9.78 Å². The summed E-state index contributed by atoms with van der Waals surface area (Å²) in [5.41, 5.74) is 1.18. The number of nitriles is 1. The normalized spacial score (nSPS) is 12.7. The maximum absolute atomic E-state index is 11.6. The van der Waals surface area contributed by atoms with Gasteiger partial charge in [0.1, 0.15) is 24.5 Å². The van der Waals surface area contributed by atoms with Crippen LogP contribution in [0.5, 0.6) is 0 Å². The number of carbonyl (C=O) groups excluding carboxylic acids is 1. The van der Waals surface area contributed by atoms with Gasteiger partial charge >= 0.3 is 6.09 Å². The molecule has 2 rings (SSSR count). The van der Waals surface area contributed by atoms with Crippen molar-refractivity contribution in [3.05, 3.63) is 65.5 Å². The monoisotopic (exact) mass is 341 g/mol. The molecule has 7 heteroatoms. The molecule has 0 radical (unpaired) electrons. The molecular weight excluding hydrogens is 322 g/mol. The Labute approximate surface area is 145 Å². The van der Waals surface area contributed by atoms with Gasteiger partial charge in [-0.2, -0.15) is 5.26 Å². The van der Waals surface area contributed by atoms with Gasteiger partial charge in [-0.15, -0.1) is 0 Å². The predicted molar refractivity (Wildman–Crippen MR) is 89.2 cm³/mol. The summed E-state index contributed by atoms with van der Waals surface area (Å²) in [5.74, 6) is 0. The van der Waals surface area contributed by atoms with Crippen LogP contribution in [-0.2, 0) is 11.3 Å². The quantitative estimate of drug-likeness (QED) is 0.705. The summed E-state index contributed by atoms with van der Waals surface area (Å²) in [6.07, 6.45) is -1.48. The Morgan fingerprint density at radius 2 is 2.00 bits per heavy atom. The summed E-state index contributed by atoms with van der Waals surface area (Å²) in [5, 5.41) is 31.6. The molecule has 0 spiro atoms. The molecule has 0 fully saturated rings. The van der Waals surface area contributed by atoms with Crippen molar-refractivity contribution < 1.29 is 19.7 Å². The SMILES string of the molecule is N#Cc1ncccc1C(O)C(O)CCNC(=O)OCc1ccccc1. The number of nitrogens with one attached hydrogen (secondary N) is 1. The molecule has 0 aliphatic carbocycles. The van der Waals surface area contributed by atoms with Crippen molar-refractivity contribution in [3.63, 3.8) is 0 Å². The third-order valence-electron chi connectivity index (χ3n) is 3.55. The van der Waals surface area contributed by atoms with E-state index in [4.69, 9.17) is 10.00 Å². The summed E-state index contributed by atoms with van der Waals surface area (Å²) in [7, 11) is 0. The zero-order chi connectivity index (χ0) is 18.1. The van der Waals surface area contributed by atoms with Crippen LogP contribution in [-0.4, -0.2) is 33.9 Å². The largest absolute Gasteiger partial charge is 0.445 e. The van der Waals surface area contributed by atoms with E-state index in [1.807, 2.05) is 36.4 Å². The molecule has 25 heavy (non-hydrogen) atoms. The standard InChI is InChI=1S/C18H19N3O4/c19-11-15-14(7-4-9-20-15)17(23)16(22)8-10-21-18(24)25-12-13-5-2-1-3-6-13/h1-7,9,16-17,22-23H,8,10,12H2,(H,21,24). The van der Waals surface area contributed by atoms with Crippen molar-refractivity contribution in [3.8, 4) is 6.07 Å². The van der Waals surface area contributed by atoms with E-state index in [-0.39, 0.29) is 30.8 Å². The Morgan fingerprint density at radius 3 is 2.72 bits per heavy atom. The number of aromatic nitrogens is 1. The van der Waals surface area contributed by atoms with E-state index in [9.17, 15) is 15.0 Å². The minimum atomic E-state index is -1.26. The highest BCUT2D eigenvalue weighted by Gasteiger charge is 2.21. The number of nitrogens with zero attached hydrogens (tertiary/aromatic N) is 2. The average Bonchev–Trinajstić information content (AvgIpc) is 2.66. The Morgan fingerprint density at radius 1 is 1.24 bits per heavy atom. The predicted octanol–water partition coefficient (Wildman–Crippen LogP) is 1.66. The Bertz CT molecular complexity index is 731. The van der Waals surface area contributed by atoms with Gasteiger partial charge in [0.2, 0.25) is 0 Å². The first-order valence-corrected chi connectivity index (χ1v) is 7.77. The highest BCUT2D eigenvalue weighted by Crippen LogP contribution is 2.20. The molecule has 2 aromatic rings. The van der Waals surface area contributed by atoms with E-state index in [1.165, 1.54) is 12.3 Å². The second-order valence-electron chi connectivity index (χ2n) is 5.34. The van der Waals surface area contributed by atoms with Crippen molar-refractivity contribution in [2.75, 3.05) is 6.54 Å². The lowest BCUT2D eigenvalue weighted by molar-refractivity contribution is 0.0133. The van der Waals surface area contributed by atoms with Crippen molar-refractivity contribution in [1.29, 1.82) is 5.26 Å². The number of benzene rings is 1. The van der Waals surface area contributed by atoms with Crippen LogP contribution in [0.4, 0.5) is 4.79 Å². The lowest BCUT2D eigenvalue weighted by Crippen LogP contribution is -2.30. The third kappa shape index (κ3) is 5.57. The van der Waals surface area contributed by atoms with E-state index in [1.54, 1.807) is 6.07 Å². The van der Waals surface area contributed by atoms with Gasteiger partial charge < -0.3 is 20.3 Å². The van der Waals surface area contributed by atoms with Crippen LogP contribution in [0.15, 0.2) is 48.7 Å². The molecule has 7 nitrogen and oxygen atoms in total. The molecule has 2 unspecified atom stereocenters. The maximum Gasteiger partial charge on any atom is 0.407 e. The molecule has 3 N–H and O–H groups in total. The molecule has 0 saturated heterocycles. The molecule has 0 saturated carbocycles. The van der Waals surface area contributed by atoms with Gasteiger partial charge in [-0.05, 0) is 18.1 Å². The van der Waals surface area contributed by atoms with Gasteiger partial charge in [0.25, 0.3) is 0 Å². The Hall–Kier alpha value is -2.95. The molecule has 0 bridgehead atoms. The number of alkyl carbamates (subject to hydrolysis) is 1. The Balaban J connectivity index is 1.75. The minimum Gasteiger partial charge on any atom is -0.445 e. The van der Waals surface area contributed by atoms with Crippen molar-refractivity contribution in [2.24, 2.45) is 0 Å². The summed E-state index contributed by atoms with van der Waals surface area (Å²) in [4.78, 5) is 15.4. The summed E-state index contributed by atoms with van der Waals surface area (Å²) in [6.45, 7) is 0.271. The Kier molecular flexibility index (Phi) is 6.89.